The lowest BCUT2D eigenvalue weighted by Gasteiger charge is -2.02. The fourth-order valence-corrected chi connectivity index (χ4v) is 1.88. The highest BCUT2D eigenvalue weighted by atomic mass is 35.5. The maximum atomic E-state index is 5.95. The van der Waals surface area contributed by atoms with Gasteiger partial charge in [0.2, 0.25) is 0 Å². The smallest absolute Gasteiger partial charge is 0.183 e. The van der Waals surface area contributed by atoms with Gasteiger partial charge in [0.25, 0.3) is 0 Å². The molecule has 0 spiro atoms. The number of benzene rings is 1. The highest BCUT2D eigenvalue weighted by molar-refractivity contribution is 6.31. The third kappa shape index (κ3) is 1.63. The molecule has 2 heterocycles. The average Bonchev–Trinajstić information content (AvgIpc) is 2.77. The van der Waals surface area contributed by atoms with Gasteiger partial charge in [-0.15, -0.1) is 0 Å². The van der Waals surface area contributed by atoms with Crippen LogP contribution in [0.15, 0.2) is 24.5 Å². The molecule has 0 fully saturated rings. The van der Waals surface area contributed by atoms with Crippen molar-refractivity contribution >= 4 is 34.3 Å². The van der Waals surface area contributed by atoms with Gasteiger partial charge in [-0.1, -0.05) is 11.6 Å². The lowest BCUT2D eigenvalue weighted by Crippen LogP contribution is -1.92. The van der Waals surface area contributed by atoms with Crippen LogP contribution < -0.4 is 11.5 Å². The molecule has 0 saturated heterocycles. The first-order valence-electron chi connectivity index (χ1n) is 5.17. The Balaban J connectivity index is 2.26. The van der Waals surface area contributed by atoms with E-state index in [1.165, 1.54) is 6.33 Å². The number of hydrogen-bond donors (Lipinski definition) is 3. The quantitative estimate of drug-likeness (QED) is 0.579. The Hall–Kier alpha value is -2.34. The van der Waals surface area contributed by atoms with Gasteiger partial charge in [-0.3, -0.25) is 0 Å². The van der Waals surface area contributed by atoms with E-state index in [1.54, 1.807) is 18.2 Å². The topological polar surface area (TPSA) is 106 Å². The third-order valence-electron chi connectivity index (χ3n) is 2.59. The number of nitrogens with zero attached hydrogens (tertiary/aromatic N) is 3. The van der Waals surface area contributed by atoms with Crippen LogP contribution >= 0.6 is 11.6 Å². The summed E-state index contributed by atoms with van der Waals surface area (Å²) in [6.45, 7) is 0. The zero-order chi connectivity index (χ0) is 12.7. The van der Waals surface area contributed by atoms with Gasteiger partial charge in [-0.25, -0.2) is 15.0 Å². The van der Waals surface area contributed by atoms with Crippen LogP contribution in [0.4, 0.5) is 11.5 Å². The van der Waals surface area contributed by atoms with E-state index in [1.807, 2.05) is 0 Å². The molecule has 18 heavy (non-hydrogen) atoms. The number of rotatable bonds is 1. The molecule has 0 aliphatic rings. The summed E-state index contributed by atoms with van der Waals surface area (Å²) in [6, 6.07) is 5.18. The summed E-state index contributed by atoms with van der Waals surface area (Å²) in [7, 11) is 0. The molecule has 0 radical (unpaired) electrons. The number of aromatic amines is 1. The highest BCUT2D eigenvalue weighted by Gasteiger charge is 2.11. The summed E-state index contributed by atoms with van der Waals surface area (Å²) in [4.78, 5) is 15.3. The van der Waals surface area contributed by atoms with Crippen molar-refractivity contribution in [3.63, 3.8) is 0 Å². The molecule has 0 saturated carbocycles. The van der Waals surface area contributed by atoms with Gasteiger partial charge < -0.3 is 16.5 Å². The lowest BCUT2D eigenvalue weighted by molar-refractivity contribution is 1.21. The summed E-state index contributed by atoms with van der Waals surface area (Å²) in [5.41, 5.74) is 14.0. The van der Waals surface area contributed by atoms with E-state index < -0.39 is 0 Å². The normalized spacial score (nSPS) is 10.9. The molecule has 3 aromatic rings. The number of hydrogen-bond acceptors (Lipinski definition) is 5. The minimum atomic E-state index is 0.347. The van der Waals surface area contributed by atoms with Crippen molar-refractivity contribution in [1.82, 2.24) is 19.9 Å². The molecule has 0 aliphatic heterocycles. The van der Waals surface area contributed by atoms with Crippen LogP contribution in [0.25, 0.3) is 22.6 Å². The Morgan fingerprint density at radius 1 is 1.17 bits per heavy atom. The highest BCUT2D eigenvalue weighted by Crippen LogP contribution is 2.28. The average molecular weight is 261 g/mol. The largest absolute Gasteiger partial charge is 0.398 e. The standard InChI is InChI=1S/C11H9ClN6/c12-5-1-2-7(13)6(3-5)10-17-8-9(14)15-4-16-11(8)18-10/h1-4H,13H2,(H3,14,15,16,17,18). The van der Waals surface area contributed by atoms with Gasteiger partial charge in [-0.05, 0) is 18.2 Å². The van der Waals surface area contributed by atoms with E-state index in [0.717, 1.165) is 0 Å². The van der Waals surface area contributed by atoms with E-state index in [9.17, 15) is 0 Å². The molecule has 5 N–H and O–H groups in total. The van der Waals surface area contributed by atoms with E-state index >= 15 is 0 Å². The number of nitrogens with one attached hydrogen (secondary N) is 1. The molecule has 0 amide bonds. The molecule has 0 atom stereocenters. The second-order valence-corrected chi connectivity index (χ2v) is 4.21. The van der Waals surface area contributed by atoms with Crippen LogP contribution in [0.3, 0.4) is 0 Å². The van der Waals surface area contributed by atoms with Crippen LogP contribution in [0.5, 0.6) is 0 Å². The number of halogens is 1. The van der Waals surface area contributed by atoms with Crippen molar-refractivity contribution in [2.45, 2.75) is 0 Å². The number of nitrogens with two attached hydrogens (primary N) is 2. The van der Waals surface area contributed by atoms with Gasteiger partial charge in [0, 0.05) is 16.3 Å². The Labute approximate surface area is 107 Å². The zero-order valence-corrected chi connectivity index (χ0v) is 9.94. The van der Waals surface area contributed by atoms with Crippen LogP contribution in [-0.2, 0) is 0 Å². The minimum absolute atomic E-state index is 0.347. The first-order valence-corrected chi connectivity index (χ1v) is 5.54. The Morgan fingerprint density at radius 2 is 2.00 bits per heavy atom. The summed E-state index contributed by atoms with van der Waals surface area (Å²) < 4.78 is 0. The second kappa shape index (κ2) is 3.85. The molecule has 0 bridgehead atoms. The van der Waals surface area contributed by atoms with Crippen molar-refractivity contribution in [2.24, 2.45) is 0 Å². The third-order valence-corrected chi connectivity index (χ3v) is 2.82. The number of H-pyrrole nitrogens is 1. The van der Waals surface area contributed by atoms with E-state index in [4.69, 9.17) is 23.1 Å². The molecular formula is C11H9ClN6. The monoisotopic (exact) mass is 260 g/mol. The molecule has 7 heteroatoms. The predicted octanol–water partition coefficient (Wildman–Crippen LogP) is 1.84. The molecule has 0 aliphatic carbocycles. The van der Waals surface area contributed by atoms with Crippen molar-refractivity contribution < 1.29 is 0 Å². The van der Waals surface area contributed by atoms with E-state index in [2.05, 4.69) is 19.9 Å². The predicted molar refractivity (Wildman–Crippen MR) is 71.0 cm³/mol. The maximum absolute atomic E-state index is 5.95. The van der Waals surface area contributed by atoms with Gasteiger partial charge in [0.15, 0.2) is 11.5 Å². The van der Waals surface area contributed by atoms with Crippen LogP contribution in [0.2, 0.25) is 5.02 Å². The number of fused-ring (bicyclic) bond motifs is 1. The summed E-state index contributed by atoms with van der Waals surface area (Å²) in [5.74, 6) is 0.913. The van der Waals surface area contributed by atoms with Crippen molar-refractivity contribution in [3.8, 4) is 11.4 Å². The Bertz CT molecular complexity index is 735. The van der Waals surface area contributed by atoms with Gasteiger partial charge in [-0.2, -0.15) is 0 Å². The zero-order valence-electron chi connectivity index (χ0n) is 9.18. The van der Waals surface area contributed by atoms with Gasteiger partial charge >= 0.3 is 0 Å². The van der Waals surface area contributed by atoms with Crippen LogP contribution in [0, 0.1) is 0 Å². The number of nitrogen functional groups attached to an aromatic ring is 2. The summed E-state index contributed by atoms with van der Waals surface area (Å²) in [6.07, 6.45) is 1.36. The molecular weight excluding hydrogens is 252 g/mol. The number of anilines is 2. The SMILES string of the molecule is Nc1ccc(Cl)cc1-c1nc2ncnc(N)c2[nH]1. The fourth-order valence-electron chi connectivity index (χ4n) is 1.71. The van der Waals surface area contributed by atoms with Gasteiger partial charge in [0.1, 0.15) is 17.7 Å². The molecule has 3 rings (SSSR count). The van der Waals surface area contributed by atoms with Crippen molar-refractivity contribution in [2.75, 3.05) is 11.5 Å². The molecule has 90 valence electrons. The van der Waals surface area contributed by atoms with Gasteiger partial charge in [0.05, 0.1) is 0 Å². The first kappa shape index (κ1) is 10.8. The Kier molecular flexibility index (Phi) is 2.31. The fraction of sp³-hybridized carbons (Fsp3) is 0. The van der Waals surface area contributed by atoms with E-state index in [0.29, 0.717) is 39.1 Å². The molecule has 0 unspecified atom stereocenters. The number of imidazole rings is 1. The molecule has 1 aromatic carbocycles. The molecule has 2 aromatic heterocycles. The van der Waals surface area contributed by atoms with Crippen LogP contribution in [0.1, 0.15) is 0 Å². The minimum Gasteiger partial charge on any atom is -0.398 e. The van der Waals surface area contributed by atoms with E-state index in [-0.39, 0.29) is 0 Å². The van der Waals surface area contributed by atoms with Crippen molar-refractivity contribution in [3.05, 3.63) is 29.5 Å². The summed E-state index contributed by atoms with van der Waals surface area (Å²) >= 11 is 5.95. The lowest BCUT2D eigenvalue weighted by atomic mass is 10.2. The van der Waals surface area contributed by atoms with Crippen molar-refractivity contribution in [1.29, 1.82) is 0 Å². The van der Waals surface area contributed by atoms with Crippen LogP contribution in [-0.4, -0.2) is 19.9 Å². The first-order chi connectivity index (χ1) is 8.65. The molecule has 6 nitrogen and oxygen atoms in total. The Morgan fingerprint density at radius 3 is 2.78 bits per heavy atom. The summed E-state index contributed by atoms with van der Waals surface area (Å²) in [5, 5.41) is 0.582. The second-order valence-electron chi connectivity index (χ2n) is 3.77. The maximum Gasteiger partial charge on any atom is 0.183 e. The number of aromatic nitrogens is 4.